The van der Waals surface area contributed by atoms with Crippen LogP contribution in [0, 0.1) is 11.8 Å². The van der Waals surface area contributed by atoms with E-state index in [0.717, 1.165) is 18.3 Å². The van der Waals surface area contributed by atoms with Crippen LogP contribution in [0.1, 0.15) is 53.9 Å². The molecule has 27 heavy (non-hydrogen) atoms. The lowest BCUT2D eigenvalue weighted by Gasteiger charge is -2.35. The minimum absolute atomic E-state index is 0.172. The molecule has 0 fully saturated rings. The van der Waals surface area contributed by atoms with E-state index in [9.17, 15) is 19.2 Å². The van der Waals surface area contributed by atoms with Gasteiger partial charge in [-0.1, -0.05) is 27.7 Å². The molecule has 0 aliphatic rings. The number of nitrogens with one attached hydrogen (secondary N) is 2. The summed E-state index contributed by atoms with van der Waals surface area (Å²) in [6.07, 6.45) is 4.86. The molecule has 0 saturated heterocycles. The van der Waals surface area contributed by atoms with Gasteiger partial charge < -0.3 is 14.9 Å². The molecule has 0 aromatic heterocycles. The zero-order valence-electron chi connectivity index (χ0n) is 17.4. The average molecular weight is 402 g/mol. The molecule has 0 unspecified atom stereocenters. The molecule has 0 rings (SSSR count). The molecule has 0 heterocycles. The second-order valence-corrected chi connectivity index (χ2v) is 8.56. The van der Waals surface area contributed by atoms with Gasteiger partial charge in [0.1, 0.15) is 24.7 Å². The van der Waals surface area contributed by atoms with Crippen LogP contribution in [0.4, 0.5) is 0 Å². The van der Waals surface area contributed by atoms with Crippen molar-refractivity contribution in [1.29, 1.82) is 0 Å². The molecule has 0 aromatic rings. The van der Waals surface area contributed by atoms with Gasteiger partial charge in [-0.2, -0.15) is 11.8 Å². The van der Waals surface area contributed by atoms with Crippen LogP contribution < -0.4 is 10.7 Å². The van der Waals surface area contributed by atoms with E-state index < -0.39 is 24.0 Å². The fourth-order valence-electron chi connectivity index (χ4n) is 2.72. The Labute approximate surface area is 167 Å². The molecule has 0 bridgehead atoms. The van der Waals surface area contributed by atoms with Crippen molar-refractivity contribution in [2.24, 2.45) is 11.8 Å². The quantitative estimate of drug-likeness (QED) is 0.340. The smallest absolute Gasteiger partial charge is 0.259 e. The first-order chi connectivity index (χ1) is 12.7. The molecule has 156 valence electrons. The summed E-state index contributed by atoms with van der Waals surface area (Å²) in [5.41, 5.74) is 2.94. The second-order valence-electron chi connectivity index (χ2n) is 7.58. The van der Waals surface area contributed by atoms with Crippen LogP contribution in [0.2, 0.25) is 0 Å². The average Bonchev–Trinajstić information content (AvgIpc) is 2.58. The molecule has 0 aliphatic carbocycles. The van der Waals surface area contributed by atoms with Gasteiger partial charge in [0.15, 0.2) is 0 Å². The number of hydrazine groups is 1. The van der Waals surface area contributed by atoms with E-state index in [0.29, 0.717) is 19.3 Å². The highest BCUT2D eigenvalue weighted by atomic mass is 32.2. The SMILES string of the molecule is CSCC[C@@H](C=O)NN(C(=O)[C@H](CC(C)C)NC(C)=O)[C@H](C=O)CC(C)C. The van der Waals surface area contributed by atoms with Crippen LogP contribution >= 0.6 is 11.8 Å². The molecule has 2 amide bonds. The third-order valence-corrected chi connectivity index (χ3v) is 4.57. The number of hydrogen-bond donors (Lipinski definition) is 2. The molecular weight excluding hydrogens is 366 g/mol. The van der Waals surface area contributed by atoms with Crippen molar-refractivity contribution in [2.45, 2.75) is 72.0 Å². The second kappa shape index (κ2) is 13.7. The maximum absolute atomic E-state index is 13.2. The van der Waals surface area contributed by atoms with Gasteiger partial charge in [0.25, 0.3) is 5.91 Å². The van der Waals surface area contributed by atoms with Crippen LogP contribution in [-0.4, -0.2) is 59.5 Å². The zero-order valence-corrected chi connectivity index (χ0v) is 18.2. The Morgan fingerprint density at radius 2 is 1.63 bits per heavy atom. The first-order valence-corrected chi connectivity index (χ1v) is 10.8. The lowest BCUT2D eigenvalue weighted by Crippen LogP contribution is -2.60. The Morgan fingerprint density at radius 3 is 2.04 bits per heavy atom. The molecule has 2 N–H and O–H groups in total. The summed E-state index contributed by atoms with van der Waals surface area (Å²) in [7, 11) is 0. The highest BCUT2D eigenvalue weighted by Gasteiger charge is 2.32. The lowest BCUT2D eigenvalue weighted by molar-refractivity contribution is -0.146. The van der Waals surface area contributed by atoms with Crippen molar-refractivity contribution in [3.05, 3.63) is 0 Å². The van der Waals surface area contributed by atoms with Gasteiger partial charge in [-0.15, -0.1) is 0 Å². The van der Waals surface area contributed by atoms with Crippen LogP contribution in [-0.2, 0) is 19.2 Å². The van der Waals surface area contributed by atoms with E-state index in [1.165, 1.54) is 11.9 Å². The fourth-order valence-corrected chi connectivity index (χ4v) is 3.21. The summed E-state index contributed by atoms with van der Waals surface area (Å²) in [4.78, 5) is 47.9. The van der Waals surface area contributed by atoms with Crippen molar-refractivity contribution in [2.75, 3.05) is 12.0 Å². The number of amides is 2. The number of hydrogen-bond acceptors (Lipinski definition) is 6. The minimum atomic E-state index is -0.752. The first kappa shape index (κ1) is 25.6. The van der Waals surface area contributed by atoms with Crippen LogP contribution in [0.3, 0.4) is 0 Å². The molecule has 0 aliphatic heterocycles. The summed E-state index contributed by atoms with van der Waals surface area (Å²) in [5, 5.41) is 3.94. The molecule has 0 saturated carbocycles. The molecule has 8 heteroatoms. The van der Waals surface area contributed by atoms with Crippen molar-refractivity contribution in [3.63, 3.8) is 0 Å². The van der Waals surface area contributed by atoms with Crippen LogP contribution in [0.5, 0.6) is 0 Å². The monoisotopic (exact) mass is 401 g/mol. The number of aldehydes is 2. The van der Waals surface area contributed by atoms with Gasteiger partial charge in [0.05, 0.1) is 6.04 Å². The fraction of sp³-hybridized carbons (Fsp3) is 0.789. The predicted octanol–water partition coefficient (Wildman–Crippen LogP) is 1.80. The molecule has 0 radical (unpaired) electrons. The third-order valence-electron chi connectivity index (χ3n) is 3.92. The van der Waals surface area contributed by atoms with Crippen molar-refractivity contribution in [1.82, 2.24) is 15.8 Å². The maximum Gasteiger partial charge on any atom is 0.259 e. The summed E-state index contributed by atoms with van der Waals surface area (Å²) in [6, 6.07) is -2.04. The minimum Gasteiger partial charge on any atom is -0.344 e. The van der Waals surface area contributed by atoms with Gasteiger partial charge in [0, 0.05) is 6.92 Å². The third kappa shape index (κ3) is 10.5. The topological polar surface area (TPSA) is 95.6 Å². The van der Waals surface area contributed by atoms with Gasteiger partial charge in [0.2, 0.25) is 5.91 Å². The van der Waals surface area contributed by atoms with Crippen molar-refractivity contribution in [3.8, 4) is 0 Å². The summed E-state index contributed by atoms with van der Waals surface area (Å²) >= 11 is 1.60. The normalized spacial score (nSPS) is 14.5. The largest absolute Gasteiger partial charge is 0.344 e. The Kier molecular flexibility index (Phi) is 13.0. The Hall–Kier alpha value is -1.41. The molecular formula is C19H35N3O4S. The lowest BCUT2D eigenvalue weighted by atomic mass is 10.0. The van der Waals surface area contributed by atoms with Gasteiger partial charge >= 0.3 is 0 Å². The van der Waals surface area contributed by atoms with E-state index in [1.807, 2.05) is 34.0 Å². The number of carbonyl (C=O) groups is 4. The first-order valence-electron chi connectivity index (χ1n) is 9.42. The van der Waals surface area contributed by atoms with E-state index in [1.54, 1.807) is 11.8 Å². The number of nitrogens with zero attached hydrogens (tertiary/aromatic N) is 1. The Morgan fingerprint density at radius 1 is 1.04 bits per heavy atom. The van der Waals surface area contributed by atoms with Gasteiger partial charge in [-0.3, -0.25) is 14.6 Å². The Balaban J connectivity index is 5.66. The number of carbonyl (C=O) groups excluding carboxylic acids is 4. The summed E-state index contributed by atoms with van der Waals surface area (Å²) in [5.74, 6) is 0.394. The van der Waals surface area contributed by atoms with Crippen molar-refractivity contribution < 1.29 is 19.2 Å². The highest BCUT2D eigenvalue weighted by molar-refractivity contribution is 7.98. The standard InChI is InChI=1S/C19H35N3O4S/c1-13(2)9-17(12-24)22(21-16(11-23)7-8-27-6)19(26)18(10-14(3)4)20-15(5)25/h11-14,16-18,21H,7-10H2,1-6H3,(H,20,25)/t16-,17-,18-/m0/s1. The van der Waals surface area contributed by atoms with E-state index in [4.69, 9.17) is 0 Å². The van der Waals surface area contributed by atoms with E-state index in [2.05, 4.69) is 10.7 Å². The molecule has 0 aromatic carbocycles. The molecule has 0 spiro atoms. The summed E-state index contributed by atoms with van der Waals surface area (Å²) < 4.78 is 0. The van der Waals surface area contributed by atoms with Crippen LogP contribution in [0.15, 0.2) is 0 Å². The summed E-state index contributed by atoms with van der Waals surface area (Å²) in [6.45, 7) is 9.19. The van der Waals surface area contributed by atoms with Gasteiger partial charge in [-0.05, 0) is 43.1 Å². The zero-order chi connectivity index (χ0) is 21.0. The number of rotatable bonds is 14. The molecule has 7 nitrogen and oxygen atoms in total. The maximum atomic E-state index is 13.2. The highest BCUT2D eigenvalue weighted by Crippen LogP contribution is 2.14. The van der Waals surface area contributed by atoms with Crippen molar-refractivity contribution >= 4 is 36.1 Å². The Bertz CT molecular complexity index is 486. The number of thioether (sulfide) groups is 1. The predicted molar refractivity (Wildman–Crippen MR) is 109 cm³/mol. The van der Waals surface area contributed by atoms with Crippen LogP contribution in [0.25, 0.3) is 0 Å². The molecule has 3 atom stereocenters. The van der Waals surface area contributed by atoms with Gasteiger partial charge in [-0.25, -0.2) is 5.43 Å². The van der Waals surface area contributed by atoms with E-state index in [-0.39, 0.29) is 17.7 Å². The van der Waals surface area contributed by atoms with E-state index >= 15 is 0 Å².